The molecule has 0 atom stereocenters. The molecule has 0 aliphatic heterocycles. The number of nitrogens with one attached hydrogen (secondary N) is 1. The third kappa shape index (κ3) is 4.47. The number of carbonyl (C=O) groups excluding carboxylic acids is 1. The Labute approximate surface area is 226 Å². The first-order valence-corrected chi connectivity index (χ1v) is 12.9. The van der Waals surface area contributed by atoms with Crippen molar-refractivity contribution in [2.75, 3.05) is 5.32 Å². The fraction of sp³-hybridized carbons (Fsp3) is 0. The molecule has 0 spiro atoms. The summed E-state index contributed by atoms with van der Waals surface area (Å²) in [5.74, 6) is 0.202. The predicted octanol–water partition coefficient (Wildman–Crippen LogP) is 6.48. The molecule has 0 aliphatic carbocycles. The Kier molecular flexibility index (Phi) is 6.25. The SMILES string of the molecule is O=C(Nc1nnc(-c2ccc(-n3c(-c4ccccc4Cl)nc4ccccc4c3=O)cc2)s1)c1ccccc1. The number of hydrogen-bond donors (Lipinski definition) is 1. The molecule has 0 saturated carbocycles. The molecule has 1 N–H and O–H groups in total. The van der Waals surface area contributed by atoms with Gasteiger partial charge in [-0.05, 0) is 60.7 Å². The highest BCUT2D eigenvalue weighted by atomic mass is 35.5. The maximum absolute atomic E-state index is 13.6. The van der Waals surface area contributed by atoms with Gasteiger partial charge in [0.05, 0.1) is 21.6 Å². The zero-order valence-electron chi connectivity index (χ0n) is 19.7. The predicted molar refractivity (Wildman–Crippen MR) is 151 cm³/mol. The Bertz CT molecular complexity index is 1850. The zero-order chi connectivity index (χ0) is 26.1. The molecule has 6 aromatic rings. The number of rotatable bonds is 5. The lowest BCUT2D eigenvalue weighted by Crippen LogP contribution is -2.22. The summed E-state index contributed by atoms with van der Waals surface area (Å²) in [4.78, 5) is 30.9. The molecule has 0 saturated heterocycles. The molecule has 7 nitrogen and oxygen atoms in total. The van der Waals surface area contributed by atoms with E-state index in [1.54, 1.807) is 41.0 Å². The maximum atomic E-state index is 13.6. The van der Waals surface area contributed by atoms with Crippen LogP contribution in [0.5, 0.6) is 0 Å². The second-order valence-electron chi connectivity index (χ2n) is 8.35. The van der Waals surface area contributed by atoms with Crippen LogP contribution in [0, 0.1) is 0 Å². The number of aromatic nitrogens is 4. The Balaban J connectivity index is 1.36. The molecule has 0 bridgehead atoms. The average molecular weight is 536 g/mol. The van der Waals surface area contributed by atoms with Crippen molar-refractivity contribution in [2.45, 2.75) is 0 Å². The molecule has 2 aromatic heterocycles. The van der Waals surface area contributed by atoms with E-state index in [2.05, 4.69) is 15.5 Å². The summed E-state index contributed by atoms with van der Waals surface area (Å²) in [6.45, 7) is 0. The lowest BCUT2D eigenvalue weighted by molar-refractivity contribution is 0.102. The van der Waals surface area contributed by atoms with Crippen LogP contribution < -0.4 is 10.9 Å². The van der Waals surface area contributed by atoms with Gasteiger partial charge in [-0.3, -0.25) is 19.5 Å². The smallest absolute Gasteiger partial charge is 0.266 e. The average Bonchev–Trinajstić information content (AvgIpc) is 3.42. The first-order valence-electron chi connectivity index (χ1n) is 11.7. The summed E-state index contributed by atoms with van der Waals surface area (Å²) in [5, 5.41) is 13.2. The van der Waals surface area contributed by atoms with Crippen molar-refractivity contribution in [3.8, 4) is 27.6 Å². The molecule has 0 fully saturated rings. The third-order valence-electron chi connectivity index (χ3n) is 5.94. The van der Waals surface area contributed by atoms with Crippen LogP contribution in [0.25, 0.3) is 38.5 Å². The van der Waals surface area contributed by atoms with Crippen LogP contribution >= 0.6 is 22.9 Å². The van der Waals surface area contributed by atoms with Gasteiger partial charge < -0.3 is 0 Å². The minimum absolute atomic E-state index is 0.194. The number of halogens is 1. The molecule has 1 amide bonds. The van der Waals surface area contributed by atoms with Gasteiger partial charge in [0, 0.05) is 16.7 Å². The molecular weight excluding hydrogens is 518 g/mol. The molecule has 2 heterocycles. The van der Waals surface area contributed by atoms with Gasteiger partial charge in [-0.15, -0.1) is 10.2 Å². The van der Waals surface area contributed by atoms with E-state index in [4.69, 9.17) is 16.6 Å². The number of anilines is 1. The topological polar surface area (TPSA) is 89.8 Å². The van der Waals surface area contributed by atoms with E-state index in [0.29, 0.717) is 48.7 Å². The van der Waals surface area contributed by atoms with Crippen LogP contribution in [-0.2, 0) is 0 Å². The van der Waals surface area contributed by atoms with E-state index in [1.807, 2.05) is 66.7 Å². The second-order valence-corrected chi connectivity index (χ2v) is 9.74. The van der Waals surface area contributed by atoms with Crippen molar-refractivity contribution in [1.29, 1.82) is 0 Å². The van der Waals surface area contributed by atoms with Crippen molar-refractivity contribution >= 4 is 44.9 Å². The van der Waals surface area contributed by atoms with Gasteiger partial charge in [-0.2, -0.15) is 0 Å². The van der Waals surface area contributed by atoms with Crippen LogP contribution in [0.1, 0.15) is 10.4 Å². The first kappa shape index (κ1) is 23.7. The number of benzene rings is 4. The van der Waals surface area contributed by atoms with Gasteiger partial charge in [-0.25, -0.2) is 4.98 Å². The minimum atomic E-state index is -0.251. The highest BCUT2D eigenvalue weighted by Gasteiger charge is 2.17. The standard InChI is InChI=1S/C29H18ClN5O2S/c30-23-12-6-4-10-21(23)25-31-24-13-7-5-11-22(24)28(37)35(25)20-16-14-19(15-17-20)27-33-34-29(38-27)32-26(36)18-8-2-1-3-9-18/h1-17H,(H,32,34,36). The van der Waals surface area contributed by atoms with E-state index in [1.165, 1.54) is 11.3 Å². The monoisotopic (exact) mass is 535 g/mol. The van der Waals surface area contributed by atoms with Crippen LogP contribution in [0.2, 0.25) is 5.02 Å². The van der Waals surface area contributed by atoms with E-state index in [-0.39, 0.29) is 11.5 Å². The lowest BCUT2D eigenvalue weighted by atomic mass is 10.1. The Morgan fingerprint density at radius 2 is 1.53 bits per heavy atom. The summed E-state index contributed by atoms with van der Waals surface area (Å²) in [6.07, 6.45) is 0. The summed E-state index contributed by atoms with van der Waals surface area (Å²) in [7, 11) is 0. The number of hydrogen-bond acceptors (Lipinski definition) is 6. The number of carbonyl (C=O) groups is 1. The summed E-state index contributed by atoms with van der Waals surface area (Å²) in [6, 6.07) is 30.9. The van der Waals surface area contributed by atoms with Crippen molar-refractivity contribution in [1.82, 2.24) is 19.7 Å². The number of nitrogens with zero attached hydrogens (tertiary/aromatic N) is 4. The summed E-state index contributed by atoms with van der Waals surface area (Å²) < 4.78 is 1.57. The van der Waals surface area contributed by atoms with Gasteiger partial charge in [0.25, 0.3) is 11.5 Å². The molecule has 0 radical (unpaired) electrons. The van der Waals surface area contributed by atoms with E-state index in [0.717, 1.165) is 5.56 Å². The van der Waals surface area contributed by atoms with Crippen LogP contribution in [0.4, 0.5) is 5.13 Å². The molecule has 9 heteroatoms. The fourth-order valence-corrected chi connectivity index (χ4v) is 5.06. The van der Waals surface area contributed by atoms with E-state index < -0.39 is 0 Å². The Hall–Kier alpha value is -4.66. The normalized spacial score (nSPS) is 11.0. The lowest BCUT2D eigenvalue weighted by Gasteiger charge is -2.15. The Morgan fingerprint density at radius 3 is 2.32 bits per heavy atom. The van der Waals surface area contributed by atoms with Crippen LogP contribution in [0.3, 0.4) is 0 Å². The largest absolute Gasteiger partial charge is 0.296 e. The van der Waals surface area contributed by atoms with Crippen LogP contribution in [-0.4, -0.2) is 25.7 Å². The summed E-state index contributed by atoms with van der Waals surface area (Å²) in [5.41, 5.74) is 3.03. The molecule has 0 unspecified atom stereocenters. The highest BCUT2D eigenvalue weighted by Crippen LogP contribution is 2.30. The van der Waals surface area contributed by atoms with Crippen LogP contribution in [0.15, 0.2) is 108 Å². The third-order valence-corrected chi connectivity index (χ3v) is 7.16. The number of para-hydroxylation sites is 1. The molecule has 6 rings (SSSR count). The summed E-state index contributed by atoms with van der Waals surface area (Å²) >= 11 is 7.77. The molecule has 4 aromatic carbocycles. The van der Waals surface area contributed by atoms with Crippen molar-refractivity contribution in [3.05, 3.63) is 124 Å². The van der Waals surface area contributed by atoms with Gasteiger partial charge in [0.15, 0.2) is 0 Å². The molecular formula is C29H18ClN5O2S. The van der Waals surface area contributed by atoms with E-state index >= 15 is 0 Å². The van der Waals surface area contributed by atoms with Gasteiger partial charge in [0.2, 0.25) is 5.13 Å². The number of amides is 1. The molecule has 184 valence electrons. The quantitative estimate of drug-likeness (QED) is 0.273. The van der Waals surface area contributed by atoms with Gasteiger partial charge in [0.1, 0.15) is 10.8 Å². The van der Waals surface area contributed by atoms with E-state index in [9.17, 15) is 9.59 Å². The minimum Gasteiger partial charge on any atom is -0.296 e. The first-order chi connectivity index (χ1) is 18.6. The van der Waals surface area contributed by atoms with Crippen molar-refractivity contribution < 1.29 is 4.79 Å². The maximum Gasteiger partial charge on any atom is 0.266 e. The molecule has 38 heavy (non-hydrogen) atoms. The zero-order valence-corrected chi connectivity index (χ0v) is 21.3. The van der Waals surface area contributed by atoms with Crippen molar-refractivity contribution in [3.63, 3.8) is 0 Å². The fourth-order valence-electron chi connectivity index (χ4n) is 4.10. The van der Waals surface area contributed by atoms with Gasteiger partial charge >= 0.3 is 0 Å². The second kappa shape index (κ2) is 10.0. The van der Waals surface area contributed by atoms with Crippen molar-refractivity contribution in [2.24, 2.45) is 0 Å². The van der Waals surface area contributed by atoms with Gasteiger partial charge in [-0.1, -0.05) is 65.4 Å². The highest BCUT2D eigenvalue weighted by molar-refractivity contribution is 7.18. The molecule has 0 aliphatic rings. The Morgan fingerprint density at radius 1 is 0.816 bits per heavy atom. The number of fused-ring (bicyclic) bond motifs is 1.